The smallest absolute Gasteiger partial charge is 0.207 e. The van der Waals surface area contributed by atoms with Gasteiger partial charge in [-0.3, -0.25) is 0 Å². The van der Waals surface area contributed by atoms with Crippen molar-refractivity contribution >= 4 is 10.0 Å². The molecule has 0 aliphatic carbocycles. The zero-order chi connectivity index (χ0) is 13.2. The summed E-state index contributed by atoms with van der Waals surface area (Å²) in [6, 6.07) is 7.04. The minimum Gasteiger partial charge on any atom is -0.207 e. The number of benzene rings is 1. The van der Waals surface area contributed by atoms with Crippen LogP contribution in [0.25, 0.3) is 0 Å². The van der Waals surface area contributed by atoms with Gasteiger partial charge in [0.25, 0.3) is 0 Å². The van der Waals surface area contributed by atoms with E-state index in [0.717, 1.165) is 18.4 Å². The van der Waals surface area contributed by atoms with Gasteiger partial charge in [0.05, 0.1) is 4.90 Å². The molecular weight excluding hydrogens is 246 g/mol. The first-order valence-electron chi connectivity index (χ1n) is 6.28. The first-order valence-corrected chi connectivity index (χ1v) is 7.73. The summed E-state index contributed by atoms with van der Waals surface area (Å²) in [4.78, 5) is 0.390. The zero-order valence-electron chi connectivity index (χ0n) is 10.9. The molecule has 3 nitrogen and oxygen atoms in total. The number of hydrogen-bond acceptors (Lipinski definition) is 2. The molecule has 0 fully saturated rings. The molecule has 1 aliphatic rings. The number of sulfonamides is 1. The van der Waals surface area contributed by atoms with Crippen molar-refractivity contribution in [2.24, 2.45) is 0 Å². The molecule has 2 rings (SSSR count). The van der Waals surface area contributed by atoms with E-state index >= 15 is 0 Å². The van der Waals surface area contributed by atoms with Crippen molar-refractivity contribution in [3.63, 3.8) is 0 Å². The Kier molecular flexibility index (Phi) is 3.88. The molecule has 0 atom stereocenters. The molecule has 1 aliphatic heterocycles. The molecule has 0 radical (unpaired) electrons. The molecule has 98 valence electrons. The fourth-order valence-electron chi connectivity index (χ4n) is 2.09. The quantitative estimate of drug-likeness (QED) is 0.788. The number of rotatable bonds is 3. The second-order valence-electron chi connectivity index (χ2n) is 4.64. The second-order valence-corrected chi connectivity index (χ2v) is 6.58. The van der Waals surface area contributed by atoms with Crippen LogP contribution in [0.15, 0.2) is 40.8 Å². The predicted octanol–water partition coefficient (Wildman–Crippen LogP) is 2.73. The molecule has 1 aromatic carbocycles. The van der Waals surface area contributed by atoms with Crippen LogP contribution in [0.5, 0.6) is 0 Å². The summed E-state index contributed by atoms with van der Waals surface area (Å²) in [5.41, 5.74) is 2.42. The van der Waals surface area contributed by atoms with E-state index in [-0.39, 0.29) is 0 Å². The van der Waals surface area contributed by atoms with E-state index in [1.54, 1.807) is 16.4 Å². The van der Waals surface area contributed by atoms with Crippen molar-refractivity contribution in [1.82, 2.24) is 4.31 Å². The summed E-state index contributed by atoms with van der Waals surface area (Å²) in [5, 5.41) is 0. The van der Waals surface area contributed by atoms with Crippen LogP contribution in [0.1, 0.15) is 25.3 Å². The summed E-state index contributed by atoms with van der Waals surface area (Å²) < 4.78 is 26.3. The molecule has 0 saturated heterocycles. The molecule has 18 heavy (non-hydrogen) atoms. The summed E-state index contributed by atoms with van der Waals surface area (Å²) in [6.45, 7) is 5.15. The number of hydrogen-bond donors (Lipinski definition) is 0. The number of aryl methyl sites for hydroxylation is 1. The van der Waals surface area contributed by atoms with Gasteiger partial charge < -0.3 is 0 Å². The Morgan fingerprint density at radius 3 is 2.39 bits per heavy atom. The Bertz CT molecular complexity index is 544. The Labute approximate surface area is 109 Å². The van der Waals surface area contributed by atoms with Crippen molar-refractivity contribution in [2.75, 3.05) is 13.1 Å². The van der Waals surface area contributed by atoms with E-state index < -0.39 is 10.0 Å². The topological polar surface area (TPSA) is 37.4 Å². The highest BCUT2D eigenvalue weighted by Crippen LogP contribution is 2.21. The Hall–Kier alpha value is -1.13. The van der Waals surface area contributed by atoms with Crippen molar-refractivity contribution in [2.45, 2.75) is 31.6 Å². The fourth-order valence-corrected chi connectivity index (χ4v) is 3.47. The van der Waals surface area contributed by atoms with Gasteiger partial charge in [-0.15, -0.1) is 0 Å². The normalized spacial score (nSPS) is 17.6. The summed E-state index contributed by atoms with van der Waals surface area (Å²) in [6.07, 6.45) is 3.90. The molecule has 1 aromatic rings. The molecule has 0 spiro atoms. The summed E-state index contributed by atoms with van der Waals surface area (Å²) >= 11 is 0. The summed E-state index contributed by atoms with van der Waals surface area (Å²) in [5.74, 6) is 0. The third kappa shape index (κ3) is 2.65. The lowest BCUT2D eigenvalue weighted by Crippen LogP contribution is -2.34. The van der Waals surface area contributed by atoms with Gasteiger partial charge in [0.2, 0.25) is 10.0 Å². The van der Waals surface area contributed by atoms with Gasteiger partial charge in [-0.25, -0.2) is 8.42 Å². The van der Waals surface area contributed by atoms with Gasteiger partial charge >= 0.3 is 0 Å². The highest BCUT2D eigenvalue weighted by molar-refractivity contribution is 7.89. The Balaban J connectivity index is 2.22. The van der Waals surface area contributed by atoms with Crippen LogP contribution in [0, 0.1) is 6.92 Å². The highest BCUT2D eigenvalue weighted by atomic mass is 32.2. The van der Waals surface area contributed by atoms with Crippen LogP contribution >= 0.6 is 0 Å². The molecule has 0 N–H and O–H groups in total. The van der Waals surface area contributed by atoms with E-state index in [0.29, 0.717) is 18.0 Å². The third-order valence-corrected chi connectivity index (χ3v) is 5.26. The number of nitrogens with zero attached hydrogens (tertiary/aromatic N) is 1. The van der Waals surface area contributed by atoms with Gasteiger partial charge in [0, 0.05) is 13.1 Å². The van der Waals surface area contributed by atoms with E-state index in [2.05, 4.69) is 6.92 Å². The van der Waals surface area contributed by atoms with Crippen molar-refractivity contribution in [1.29, 1.82) is 0 Å². The van der Waals surface area contributed by atoms with Gasteiger partial charge in [0.15, 0.2) is 0 Å². The minimum atomic E-state index is -3.32. The lowest BCUT2D eigenvalue weighted by atomic mass is 10.1. The maximum Gasteiger partial charge on any atom is 0.243 e. The van der Waals surface area contributed by atoms with E-state index in [9.17, 15) is 8.42 Å². The highest BCUT2D eigenvalue weighted by Gasteiger charge is 2.25. The van der Waals surface area contributed by atoms with Crippen LogP contribution in [0.4, 0.5) is 0 Å². The van der Waals surface area contributed by atoms with Crippen molar-refractivity contribution in [3.8, 4) is 0 Å². The maximum absolute atomic E-state index is 12.4. The lowest BCUT2D eigenvalue weighted by molar-refractivity contribution is 0.429. The lowest BCUT2D eigenvalue weighted by Gasteiger charge is -2.25. The SMILES string of the molecule is CCC1=CCN(S(=O)(=O)c2ccc(C)cc2)CC1. The summed E-state index contributed by atoms with van der Waals surface area (Å²) in [7, 11) is -3.32. The fraction of sp³-hybridized carbons (Fsp3) is 0.429. The van der Waals surface area contributed by atoms with Gasteiger partial charge in [-0.05, 0) is 31.9 Å². The predicted molar refractivity (Wildman–Crippen MR) is 72.9 cm³/mol. The van der Waals surface area contributed by atoms with Crippen molar-refractivity contribution < 1.29 is 8.42 Å². The van der Waals surface area contributed by atoms with Gasteiger partial charge in [-0.1, -0.05) is 36.3 Å². The molecule has 1 heterocycles. The standard InChI is InChI=1S/C14H19NO2S/c1-3-13-8-10-15(11-9-13)18(16,17)14-6-4-12(2)5-7-14/h4-8H,3,9-11H2,1-2H3. The largest absolute Gasteiger partial charge is 0.243 e. The zero-order valence-corrected chi connectivity index (χ0v) is 11.7. The molecule has 0 aromatic heterocycles. The van der Waals surface area contributed by atoms with Crippen LogP contribution in [-0.2, 0) is 10.0 Å². The molecule has 0 unspecified atom stereocenters. The first kappa shape index (κ1) is 13.3. The third-order valence-electron chi connectivity index (χ3n) is 3.38. The van der Waals surface area contributed by atoms with Gasteiger partial charge in [-0.2, -0.15) is 4.31 Å². The van der Waals surface area contributed by atoms with Crippen LogP contribution in [-0.4, -0.2) is 25.8 Å². The first-order chi connectivity index (χ1) is 8.54. The van der Waals surface area contributed by atoms with E-state index in [1.165, 1.54) is 5.57 Å². The van der Waals surface area contributed by atoms with E-state index in [1.807, 2.05) is 25.1 Å². The Morgan fingerprint density at radius 1 is 1.22 bits per heavy atom. The molecule has 0 saturated carbocycles. The minimum absolute atomic E-state index is 0.390. The van der Waals surface area contributed by atoms with Gasteiger partial charge in [0.1, 0.15) is 0 Å². The second kappa shape index (κ2) is 5.24. The van der Waals surface area contributed by atoms with Crippen LogP contribution < -0.4 is 0 Å². The monoisotopic (exact) mass is 265 g/mol. The average Bonchev–Trinajstić information content (AvgIpc) is 2.39. The average molecular weight is 265 g/mol. The van der Waals surface area contributed by atoms with Crippen LogP contribution in [0.3, 0.4) is 0 Å². The molecule has 4 heteroatoms. The molecule has 0 bridgehead atoms. The molecular formula is C14H19NO2S. The van der Waals surface area contributed by atoms with Crippen molar-refractivity contribution in [3.05, 3.63) is 41.5 Å². The maximum atomic E-state index is 12.4. The van der Waals surface area contributed by atoms with Crippen LogP contribution in [0.2, 0.25) is 0 Å². The van der Waals surface area contributed by atoms with E-state index in [4.69, 9.17) is 0 Å². The Morgan fingerprint density at radius 2 is 1.89 bits per heavy atom. The molecule has 0 amide bonds.